The summed E-state index contributed by atoms with van der Waals surface area (Å²) in [5, 5.41) is 2.04. The van der Waals surface area contributed by atoms with Gasteiger partial charge in [-0.1, -0.05) is 30.3 Å². The molecule has 5 aromatic rings. The molecule has 0 aliphatic heterocycles. The third kappa shape index (κ3) is 2.23. The van der Waals surface area contributed by atoms with Gasteiger partial charge >= 0.3 is 0 Å². The summed E-state index contributed by atoms with van der Waals surface area (Å²) < 4.78 is 7.75. The third-order valence-corrected chi connectivity index (χ3v) is 5.11. The maximum Gasteiger partial charge on any atom is 0.297 e. The first-order chi connectivity index (χ1) is 12.7. The molecule has 0 fully saturated rings. The van der Waals surface area contributed by atoms with Crippen molar-refractivity contribution in [2.45, 2.75) is 13.0 Å². The topological polar surface area (TPSA) is 66.7 Å². The fourth-order valence-corrected chi connectivity index (χ4v) is 3.76. The second-order valence-electron chi connectivity index (χ2n) is 6.30. The average molecular weight is 361 g/mol. The van der Waals surface area contributed by atoms with Crippen molar-refractivity contribution in [2.24, 2.45) is 0 Å². The highest BCUT2D eigenvalue weighted by Gasteiger charge is 2.14. The van der Waals surface area contributed by atoms with Gasteiger partial charge in [0.1, 0.15) is 11.1 Å². The van der Waals surface area contributed by atoms with Crippen molar-refractivity contribution in [2.75, 3.05) is 0 Å². The number of H-pyrrole nitrogens is 2. The fraction of sp³-hybridized carbons (Fsp3) is 0.100. The van der Waals surface area contributed by atoms with Crippen molar-refractivity contribution in [1.29, 1.82) is 0 Å². The zero-order chi connectivity index (χ0) is 17.7. The highest BCUT2D eigenvalue weighted by molar-refractivity contribution is 7.71. The molecule has 0 spiro atoms. The minimum absolute atomic E-state index is 0.195. The molecular weight excluding hydrogens is 346 g/mol. The lowest BCUT2D eigenvalue weighted by Crippen LogP contribution is -2.22. The summed E-state index contributed by atoms with van der Waals surface area (Å²) >= 11 is 5.44. The summed E-state index contributed by atoms with van der Waals surface area (Å²) in [4.78, 5) is 19.3. The van der Waals surface area contributed by atoms with Crippen LogP contribution >= 0.6 is 12.2 Å². The molecule has 0 aliphatic carbocycles. The van der Waals surface area contributed by atoms with Gasteiger partial charge in [-0.15, -0.1) is 0 Å². The predicted molar refractivity (Wildman–Crippen MR) is 105 cm³/mol. The zero-order valence-electron chi connectivity index (χ0n) is 13.8. The maximum absolute atomic E-state index is 12.9. The number of furan rings is 1. The van der Waals surface area contributed by atoms with Gasteiger partial charge in [-0.2, -0.15) is 0 Å². The van der Waals surface area contributed by atoms with Crippen LogP contribution in [0.3, 0.4) is 0 Å². The van der Waals surface area contributed by atoms with Gasteiger partial charge in [-0.25, -0.2) is 0 Å². The molecule has 3 heterocycles. The van der Waals surface area contributed by atoms with E-state index in [9.17, 15) is 4.79 Å². The van der Waals surface area contributed by atoms with Gasteiger partial charge in [0.2, 0.25) is 5.58 Å². The Hall–Kier alpha value is -3.12. The molecule has 0 bridgehead atoms. The Balaban J connectivity index is 1.59. The number of fused-ring (bicyclic) bond motifs is 4. The monoisotopic (exact) mass is 361 g/mol. The number of aromatic amines is 2. The molecule has 6 heteroatoms. The van der Waals surface area contributed by atoms with E-state index in [1.54, 1.807) is 4.57 Å². The minimum atomic E-state index is -0.195. The van der Waals surface area contributed by atoms with Crippen LogP contribution in [-0.4, -0.2) is 14.5 Å². The van der Waals surface area contributed by atoms with Crippen LogP contribution in [0, 0.1) is 4.77 Å². The van der Waals surface area contributed by atoms with Gasteiger partial charge in [0.05, 0.1) is 0 Å². The first-order valence-electron chi connectivity index (χ1n) is 8.42. The molecule has 0 aliphatic rings. The summed E-state index contributed by atoms with van der Waals surface area (Å²) in [7, 11) is 0. The van der Waals surface area contributed by atoms with Crippen molar-refractivity contribution in [3.63, 3.8) is 0 Å². The zero-order valence-corrected chi connectivity index (χ0v) is 14.6. The van der Waals surface area contributed by atoms with Crippen LogP contribution in [0.25, 0.3) is 33.0 Å². The van der Waals surface area contributed by atoms with Crippen LogP contribution in [0.5, 0.6) is 0 Å². The Bertz CT molecular complexity index is 1390. The second kappa shape index (κ2) is 5.71. The van der Waals surface area contributed by atoms with Gasteiger partial charge < -0.3 is 14.4 Å². The molecule has 128 valence electrons. The van der Waals surface area contributed by atoms with Gasteiger partial charge in [0, 0.05) is 29.0 Å². The molecule has 3 aromatic heterocycles. The normalized spacial score (nSPS) is 11.7. The lowest BCUT2D eigenvalue weighted by molar-refractivity contribution is 0.615. The van der Waals surface area contributed by atoms with E-state index in [0.29, 0.717) is 34.4 Å². The van der Waals surface area contributed by atoms with Crippen LogP contribution in [-0.2, 0) is 13.0 Å². The highest BCUT2D eigenvalue weighted by atomic mass is 32.1. The predicted octanol–water partition coefficient (Wildman–Crippen LogP) is 4.53. The van der Waals surface area contributed by atoms with Crippen molar-refractivity contribution in [1.82, 2.24) is 14.5 Å². The molecule has 5 nitrogen and oxygen atoms in total. The van der Waals surface area contributed by atoms with E-state index in [1.807, 2.05) is 48.7 Å². The number of hydrogen-bond donors (Lipinski definition) is 2. The first-order valence-corrected chi connectivity index (χ1v) is 8.82. The van der Waals surface area contributed by atoms with Gasteiger partial charge in [-0.05, 0) is 42.4 Å². The van der Waals surface area contributed by atoms with E-state index in [4.69, 9.17) is 16.6 Å². The molecule has 0 saturated heterocycles. The lowest BCUT2D eigenvalue weighted by Gasteiger charge is -2.05. The van der Waals surface area contributed by atoms with Crippen LogP contribution in [0.1, 0.15) is 5.56 Å². The highest BCUT2D eigenvalue weighted by Crippen LogP contribution is 2.24. The number of benzene rings is 2. The standard InChI is InChI=1S/C20H15N3O2S/c24-19-18-17(14-6-2-4-8-16(14)25-18)22-20(26)23(19)10-9-12-11-21-15-7-3-1-5-13(12)15/h1-8,11,21H,9-10H2,(H,22,26). The molecule has 2 N–H and O–H groups in total. The molecule has 26 heavy (non-hydrogen) atoms. The number of rotatable bonds is 3. The smallest absolute Gasteiger partial charge is 0.297 e. The van der Waals surface area contributed by atoms with Crippen molar-refractivity contribution < 1.29 is 4.42 Å². The Kier molecular flexibility index (Phi) is 3.33. The average Bonchev–Trinajstić information content (AvgIpc) is 3.24. The summed E-state index contributed by atoms with van der Waals surface area (Å²) in [6.07, 6.45) is 2.69. The molecule has 0 amide bonds. The van der Waals surface area contributed by atoms with Crippen LogP contribution in [0.15, 0.2) is 63.9 Å². The molecule has 0 saturated carbocycles. The van der Waals surface area contributed by atoms with Crippen molar-refractivity contribution >= 4 is 45.2 Å². The molecular formula is C20H15N3O2S. The second-order valence-corrected chi connectivity index (χ2v) is 6.69. The Morgan fingerprint density at radius 1 is 1.04 bits per heavy atom. The number of nitrogens with zero attached hydrogens (tertiary/aromatic N) is 1. The van der Waals surface area contributed by atoms with Crippen molar-refractivity contribution in [3.05, 3.63) is 75.4 Å². The summed E-state index contributed by atoms with van der Waals surface area (Å²) in [5.41, 5.74) is 3.72. The van der Waals surface area contributed by atoms with Gasteiger partial charge in [-0.3, -0.25) is 9.36 Å². The largest absolute Gasteiger partial charge is 0.449 e. The van der Waals surface area contributed by atoms with Crippen molar-refractivity contribution in [3.8, 4) is 0 Å². The third-order valence-electron chi connectivity index (χ3n) is 4.79. The molecule has 0 unspecified atom stereocenters. The summed E-state index contributed by atoms with van der Waals surface area (Å²) in [6.45, 7) is 0.489. The summed E-state index contributed by atoms with van der Waals surface area (Å²) in [6, 6.07) is 15.7. The number of nitrogens with one attached hydrogen (secondary N) is 2. The van der Waals surface area contributed by atoms with Gasteiger partial charge in [0.15, 0.2) is 4.77 Å². The Labute approximate surface area is 152 Å². The molecule has 0 radical (unpaired) electrons. The quantitative estimate of drug-likeness (QED) is 0.464. The maximum atomic E-state index is 12.9. The summed E-state index contributed by atoms with van der Waals surface area (Å²) in [5.74, 6) is 0. The number of aryl methyl sites for hydroxylation is 1. The van der Waals surface area contributed by atoms with E-state index >= 15 is 0 Å². The van der Waals surface area contributed by atoms with Crippen LogP contribution < -0.4 is 5.56 Å². The fourth-order valence-electron chi connectivity index (χ4n) is 3.48. The SMILES string of the molecule is O=c1c2oc3ccccc3c2[nH]c(=S)n1CCc1c[nH]c2ccccc12. The van der Waals surface area contributed by atoms with Crippen LogP contribution in [0.4, 0.5) is 0 Å². The Morgan fingerprint density at radius 2 is 1.81 bits per heavy atom. The number of para-hydroxylation sites is 2. The van der Waals surface area contributed by atoms with Gasteiger partial charge in [0.25, 0.3) is 5.56 Å². The van der Waals surface area contributed by atoms with Crippen LogP contribution in [0.2, 0.25) is 0 Å². The molecule has 2 aromatic carbocycles. The lowest BCUT2D eigenvalue weighted by atomic mass is 10.1. The number of aromatic nitrogens is 3. The van der Waals surface area contributed by atoms with E-state index in [1.165, 1.54) is 5.39 Å². The first kappa shape index (κ1) is 15.2. The Morgan fingerprint density at radius 3 is 2.69 bits per heavy atom. The van der Waals surface area contributed by atoms with E-state index in [0.717, 1.165) is 16.5 Å². The van der Waals surface area contributed by atoms with E-state index < -0.39 is 0 Å². The molecule has 5 rings (SSSR count). The number of hydrogen-bond acceptors (Lipinski definition) is 3. The van der Waals surface area contributed by atoms with E-state index in [-0.39, 0.29) is 5.56 Å². The molecule has 0 atom stereocenters. The minimum Gasteiger partial charge on any atom is -0.449 e. The van der Waals surface area contributed by atoms with E-state index in [2.05, 4.69) is 16.0 Å².